The molecule has 34 heavy (non-hydrogen) atoms. The number of likely N-dealkylation sites (N-methyl/N-ethyl adjacent to an activating group) is 1. The Bertz CT molecular complexity index is 1290. The average Bonchev–Trinajstić information content (AvgIpc) is 2.85. The molecule has 2 aromatic carbocycles. The first-order valence-electron chi connectivity index (χ1n) is 9.81. The van der Waals surface area contributed by atoms with E-state index in [1.165, 1.54) is 42.5 Å². The minimum absolute atomic E-state index is 0.126. The number of hydrogen-bond donors (Lipinski definition) is 3. The molecule has 0 unspecified atom stereocenters. The van der Waals surface area contributed by atoms with Crippen molar-refractivity contribution in [1.29, 1.82) is 5.26 Å². The Kier molecular flexibility index (Phi) is 7.76. The second kappa shape index (κ2) is 10.9. The van der Waals surface area contributed by atoms with E-state index in [0.717, 1.165) is 0 Å². The lowest BCUT2D eigenvalue weighted by Gasteiger charge is -2.20. The monoisotopic (exact) mass is 477 g/mol. The van der Waals surface area contributed by atoms with Crippen molar-refractivity contribution in [3.63, 3.8) is 0 Å². The van der Waals surface area contributed by atoms with Crippen LogP contribution in [-0.4, -0.2) is 35.9 Å². The van der Waals surface area contributed by atoms with Gasteiger partial charge in [-0.15, -0.1) is 0 Å². The molecule has 0 atom stereocenters. The molecule has 0 bridgehead atoms. The molecule has 0 saturated heterocycles. The zero-order valence-corrected chi connectivity index (χ0v) is 19.1. The van der Waals surface area contributed by atoms with Gasteiger partial charge in [-0.25, -0.2) is 10.5 Å². The predicted molar refractivity (Wildman–Crippen MR) is 129 cm³/mol. The highest BCUT2D eigenvalue weighted by Crippen LogP contribution is 2.31. The van der Waals surface area contributed by atoms with Crippen molar-refractivity contribution < 1.29 is 14.4 Å². The van der Waals surface area contributed by atoms with Gasteiger partial charge in [0.25, 0.3) is 5.91 Å². The molecular weight excluding hydrogens is 458 g/mol. The van der Waals surface area contributed by atoms with Crippen LogP contribution in [-0.2, 0) is 9.63 Å². The summed E-state index contributed by atoms with van der Waals surface area (Å²) in [5.74, 6) is -0.380. The van der Waals surface area contributed by atoms with Crippen LogP contribution in [0.3, 0.4) is 0 Å². The topological polar surface area (TPSA) is 132 Å². The molecule has 1 heterocycles. The smallest absolute Gasteiger partial charge is 0.274 e. The highest BCUT2D eigenvalue weighted by atomic mass is 35.5. The lowest BCUT2D eigenvalue weighted by Crippen LogP contribution is -2.24. The van der Waals surface area contributed by atoms with E-state index in [0.29, 0.717) is 17.1 Å². The van der Waals surface area contributed by atoms with Crippen LogP contribution in [0.4, 0.5) is 28.8 Å². The van der Waals surface area contributed by atoms with Gasteiger partial charge in [0.15, 0.2) is 5.82 Å². The quantitative estimate of drug-likeness (QED) is 0.328. The van der Waals surface area contributed by atoms with E-state index >= 15 is 0 Å². The Balaban J connectivity index is 1.93. The predicted octanol–water partition coefficient (Wildman–Crippen LogP) is 3.93. The maximum atomic E-state index is 12.1. The van der Waals surface area contributed by atoms with Gasteiger partial charge in [0.1, 0.15) is 11.1 Å². The molecule has 0 aliphatic rings. The fraction of sp³-hybridized carbons (Fsp3) is 0.0870. The molecule has 172 valence electrons. The van der Waals surface area contributed by atoms with Crippen LogP contribution in [0.15, 0.2) is 61.3 Å². The molecule has 0 radical (unpaired) electrons. The minimum Gasteiger partial charge on any atom is -0.337 e. The lowest BCUT2D eigenvalue weighted by molar-refractivity contribution is -0.113. The molecule has 0 aliphatic heterocycles. The number of aromatic nitrogens is 2. The van der Waals surface area contributed by atoms with E-state index in [9.17, 15) is 14.9 Å². The van der Waals surface area contributed by atoms with Gasteiger partial charge >= 0.3 is 0 Å². The van der Waals surface area contributed by atoms with Crippen molar-refractivity contribution in [2.45, 2.75) is 0 Å². The summed E-state index contributed by atoms with van der Waals surface area (Å²) in [5, 5.41) is 15.7. The van der Waals surface area contributed by atoms with Crippen LogP contribution in [0.2, 0.25) is 5.02 Å². The number of carbonyl (C=O) groups is 2. The molecule has 11 heteroatoms. The van der Waals surface area contributed by atoms with Gasteiger partial charge in [0, 0.05) is 12.6 Å². The summed E-state index contributed by atoms with van der Waals surface area (Å²) in [6.45, 7) is 3.51. The van der Waals surface area contributed by atoms with Gasteiger partial charge in [-0.2, -0.15) is 10.2 Å². The highest BCUT2D eigenvalue weighted by molar-refractivity contribution is 6.33. The van der Waals surface area contributed by atoms with E-state index in [4.69, 9.17) is 11.6 Å². The van der Waals surface area contributed by atoms with Gasteiger partial charge < -0.3 is 15.5 Å². The van der Waals surface area contributed by atoms with Gasteiger partial charge in [-0.05, 0) is 36.4 Å². The van der Waals surface area contributed by atoms with Crippen LogP contribution in [0, 0.1) is 11.3 Å². The fourth-order valence-electron chi connectivity index (χ4n) is 2.93. The van der Waals surface area contributed by atoms with Crippen LogP contribution in [0.1, 0.15) is 15.9 Å². The number of para-hydroxylation sites is 2. The third kappa shape index (κ3) is 5.47. The summed E-state index contributed by atoms with van der Waals surface area (Å²) in [4.78, 5) is 38.8. The molecule has 0 saturated carbocycles. The van der Waals surface area contributed by atoms with Crippen molar-refractivity contribution >= 4 is 52.2 Å². The van der Waals surface area contributed by atoms with Crippen molar-refractivity contribution in [3.8, 4) is 6.07 Å². The molecule has 1 aromatic heterocycles. The third-order valence-electron chi connectivity index (χ3n) is 4.61. The maximum Gasteiger partial charge on any atom is 0.274 e. The molecule has 0 aliphatic carbocycles. The Hall–Kier alpha value is -4.46. The minimum atomic E-state index is -0.482. The average molecular weight is 478 g/mol. The SMILES string of the molecule is C=CC(=O)N(C)c1ccccc1Nc1nc(Nc2cc(C(=O)NOC)ccc2C#N)ncc1Cl. The Labute approximate surface area is 200 Å². The standard InChI is InChI=1S/C23H20ClN7O3/c1-4-20(32)31(2)19-8-6-5-7-17(19)27-21-16(24)13-26-23(29-21)28-18-11-14(22(33)30-34-3)9-10-15(18)12-25/h4-11,13H,1H2,2-3H3,(H,30,33)(H2,26,27,28,29). The Morgan fingerprint density at radius 3 is 2.68 bits per heavy atom. The van der Waals surface area contributed by atoms with Gasteiger partial charge in [-0.3, -0.25) is 14.4 Å². The molecule has 0 fully saturated rings. The highest BCUT2D eigenvalue weighted by Gasteiger charge is 2.15. The van der Waals surface area contributed by atoms with Gasteiger partial charge in [0.05, 0.1) is 35.9 Å². The molecule has 0 spiro atoms. The first-order chi connectivity index (χ1) is 16.4. The lowest BCUT2D eigenvalue weighted by atomic mass is 10.1. The fourth-order valence-corrected chi connectivity index (χ4v) is 3.07. The molecule has 3 aromatic rings. The van der Waals surface area contributed by atoms with Crippen molar-refractivity contribution in [1.82, 2.24) is 15.4 Å². The summed E-state index contributed by atoms with van der Waals surface area (Å²) in [5.41, 5.74) is 4.23. The Morgan fingerprint density at radius 2 is 1.97 bits per heavy atom. The van der Waals surface area contributed by atoms with Crippen molar-refractivity contribution in [2.24, 2.45) is 0 Å². The van der Waals surface area contributed by atoms with Crippen molar-refractivity contribution in [3.05, 3.63) is 77.5 Å². The number of rotatable bonds is 8. The van der Waals surface area contributed by atoms with Crippen LogP contribution < -0.4 is 21.0 Å². The summed E-state index contributed by atoms with van der Waals surface area (Å²) >= 11 is 6.30. The first-order valence-corrected chi connectivity index (χ1v) is 10.2. The number of benzene rings is 2. The largest absolute Gasteiger partial charge is 0.337 e. The van der Waals surface area contributed by atoms with E-state index < -0.39 is 5.91 Å². The zero-order chi connectivity index (χ0) is 24.7. The number of hydroxylamine groups is 1. The normalized spacial score (nSPS) is 10.1. The van der Waals surface area contributed by atoms with Crippen LogP contribution in [0.5, 0.6) is 0 Å². The van der Waals surface area contributed by atoms with E-state index in [-0.39, 0.29) is 33.8 Å². The summed E-state index contributed by atoms with van der Waals surface area (Å²) in [7, 11) is 2.94. The molecule has 2 amide bonds. The van der Waals surface area contributed by atoms with E-state index in [2.05, 4.69) is 37.5 Å². The first kappa shape index (κ1) is 24.2. The maximum absolute atomic E-state index is 12.1. The number of nitrogens with zero attached hydrogens (tertiary/aromatic N) is 4. The van der Waals surface area contributed by atoms with E-state index in [1.54, 1.807) is 31.3 Å². The zero-order valence-electron chi connectivity index (χ0n) is 18.3. The number of hydrogen-bond acceptors (Lipinski definition) is 8. The molecule has 3 N–H and O–H groups in total. The Morgan fingerprint density at radius 1 is 1.21 bits per heavy atom. The van der Waals surface area contributed by atoms with Crippen LogP contribution >= 0.6 is 11.6 Å². The second-order valence-electron chi connectivity index (χ2n) is 6.77. The third-order valence-corrected chi connectivity index (χ3v) is 4.89. The molecule has 3 rings (SSSR count). The second-order valence-corrected chi connectivity index (χ2v) is 7.17. The summed E-state index contributed by atoms with van der Waals surface area (Å²) in [6.07, 6.45) is 2.60. The number of halogens is 1. The van der Waals surface area contributed by atoms with Gasteiger partial charge in [-0.1, -0.05) is 30.3 Å². The number of nitriles is 1. The van der Waals surface area contributed by atoms with Crippen LogP contribution in [0.25, 0.3) is 0 Å². The number of carbonyl (C=O) groups excluding carboxylic acids is 2. The number of amides is 2. The number of anilines is 5. The molecule has 10 nitrogen and oxygen atoms in total. The number of nitrogens with one attached hydrogen (secondary N) is 3. The van der Waals surface area contributed by atoms with E-state index in [1.807, 2.05) is 6.07 Å². The summed E-state index contributed by atoms with van der Waals surface area (Å²) < 4.78 is 0. The van der Waals surface area contributed by atoms with Gasteiger partial charge in [0.2, 0.25) is 11.9 Å². The van der Waals surface area contributed by atoms with Crippen molar-refractivity contribution in [2.75, 3.05) is 29.7 Å². The summed E-state index contributed by atoms with van der Waals surface area (Å²) in [6, 6.07) is 13.6. The molecular formula is C23H20ClN7O3.